The van der Waals surface area contributed by atoms with Gasteiger partial charge in [-0.3, -0.25) is 9.59 Å². The van der Waals surface area contributed by atoms with E-state index < -0.39 is 5.97 Å². The Bertz CT molecular complexity index is 117. The Morgan fingerprint density at radius 1 is 1.60 bits per heavy atom. The number of rotatable bonds is 3. The zero-order valence-electron chi connectivity index (χ0n) is 5.85. The SMILES string of the molecule is [CH2]CC(=O)NCC(=O)OC. The highest BCUT2D eigenvalue weighted by atomic mass is 16.5. The Labute approximate surface area is 59.6 Å². The number of methoxy groups -OCH3 is 1. The summed E-state index contributed by atoms with van der Waals surface area (Å²) in [6.07, 6.45) is 0.136. The molecule has 0 aromatic carbocycles. The van der Waals surface area contributed by atoms with Crippen LogP contribution in [-0.4, -0.2) is 25.5 Å². The van der Waals surface area contributed by atoms with Crippen molar-refractivity contribution >= 4 is 11.9 Å². The van der Waals surface area contributed by atoms with Crippen LogP contribution in [0.1, 0.15) is 6.42 Å². The van der Waals surface area contributed by atoms with Crippen molar-refractivity contribution in [2.24, 2.45) is 0 Å². The van der Waals surface area contributed by atoms with E-state index in [9.17, 15) is 9.59 Å². The maximum atomic E-state index is 10.5. The first-order chi connectivity index (χ1) is 4.70. The van der Waals surface area contributed by atoms with Gasteiger partial charge in [-0.15, -0.1) is 0 Å². The summed E-state index contributed by atoms with van der Waals surface area (Å²) in [6, 6.07) is 0. The highest BCUT2D eigenvalue weighted by molar-refractivity contribution is 5.81. The van der Waals surface area contributed by atoms with Gasteiger partial charge in [-0.1, -0.05) is 0 Å². The van der Waals surface area contributed by atoms with Crippen LogP contribution in [0.5, 0.6) is 0 Å². The number of esters is 1. The molecule has 0 fully saturated rings. The average molecular weight is 144 g/mol. The molecule has 1 N–H and O–H groups in total. The zero-order valence-corrected chi connectivity index (χ0v) is 5.85. The van der Waals surface area contributed by atoms with Gasteiger partial charge in [0.1, 0.15) is 6.54 Å². The third-order valence-corrected chi connectivity index (χ3v) is 0.885. The van der Waals surface area contributed by atoms with Crippen molar-refractivity contribution in [3.05, 3.63) is 6.92 Å². The van der Waals surface area contributed by atoms with E-state index in [0.29, 0.717) is 0 Å². The molecule has 4 heteroatoms. The van der Waals surface area contributed by atoms with Crippen molar-refractivity contribution in [2.45, 2.75) is 6.42 Å². The Morgan fingerprint density at radius 3 is 2.60 bits per heavy atom. The molecular weight excluding hydrogens is 134 g/mol. The molecule has 0 spiro atoms. The van der Waals surface area contributed by atoms with Crippen LogP contribution in [0.2, 0.25) is 0 Å². The monoisotopic (exact) mass is 144 g/mol. The zero-order chi connectivity index (χ0) is 7.98. The van der Waals surface area contributed by atoms with E-state index in [1.54, 1.807) is 0 Å². The van der Waals surface area contributed by atoms with E-state index in [1.807, 2.05) is 0 Å². The third-order valence-electron chi connectivity index (χ3n) is 0.885. The van der Waals surface area contributed by atoms with Crippen molar-refractivity contribution in [3.63, 3.8) is 0 Å². The molecule has 0 aliphatic rings. The smallest absolute Gasteiger partial charge is 0.325 e. The molecule has 0 unspecified atom stereocenters. The first kappa shape index (κ1) is 8.94. The number of carbonyl (C=O) groups is 2. The van der Waals surface area contributed by atoms with Gasteiger partial charge < -0.3 is 10.1 Å². The Morgan fingerprint density at radius 2 is 2.20 bits per heavy atom. The second-order valence-corrected chi connectivity index (χ2v) is 1.60. The lowest BCUT2D eigenvalue weighted by Gasteiger charge is -1.99. The Hall–Kier alpha value is -1.06. The van der Waals surface area contributed by atoms with Gasteiger partial charge in [-0.2, -0.15) is 0 Å². The third kappa shape index (κ3) is 3.88. The van der Waals surface area contributed by atoms with E-state index in [4.69, 9.17) is 0 Å². The fourth-order valence-electron chi connectivity index (χ4n) is 0.331. The molecule has 0 saturated carbocycles. The number of carbonyl (C=O) groups excluding carboxylic acids is 2. The molecule has 0 aliphatic carbocycles. The molecule has 1 amide bonds. The maximum absolute atomic E-state index is 10.5. The molecule has 10 heavy (non-hydrogen) atoms. The standard InChI is InChI=1S/C6H10NO3/c1-3-5(8)7-4-6(9)10-2/h1,3-4H2,2H3,(H,7,8). The van der Waals surface area contributed by atoms with Crippen molar-refractivity contribution in [3.8, 4) is 0 Å². The second-order valence-electron chi connectivity index (χ2n) is 1.60. The van der Waals surface area contributed by atoms with E-state index >= 15 is 0 Å². The van der Waals surface area contributed by atoms with E-state index in [2.05, 4.69) is 17.0 Å². The molecule has 0 atom stereocenters. The molecule has 0 heterocycles. The van der Waals surface area contributed by atoms with Crippen molar-refractivity contribution in [1.82, 2.24) is 5.32 Å². The summed E-state index contributed by atoms with van der Waals surface area (Å²) in [6.45, 7) is 3.25. The van der Waals surface area contributed by atoms with Gasteiger partial charge >= 0.3 is 5.97 Å². The molecule has 0 bridgehead atoms. The normalized spacial score (nSPS) is 8.60. The molecule has 0 saturated heterocycles. The van der Waals surface area contributed by atoms with Gasteiger partial charge in [0.15, 0.2) is 0 Å². The molecule has 0 aliphatic heterocycles. The van der Waals surface area contributed by atoms with E-state index in [1.165, 1.54) is 7.11 Å². The molecule has 4 nitrogen and oxygen atoms in total. The molecule has 0 rings (SSSR count). The van der Waals surface area contributed by atoms with E-state index in [-0.39, 0.29) is 18.9 Å². The highest BCUT2D eigenvalue weighted by Crippen LogP contribution is 1.74. The predicted octanol–water partition coefficient (Wildman–Crippen LogP) is -0.500. The molecule has 0 aromatic rings. The minimum Gasteiger partial charge on any atom is -0.468 e. The van der Waals surface area contributed by atoms with Gasteiger partial charge in [-0.25, -0.2) is 0 Å². The van der Waals surface area contributed by atoms with Crippen LogP contribution in [0.3, 0.4) is 0 Å². The van der Waals surface area contributed by atoms with Gasteiger partial charge in [0.25, 0.3) is 0 Å². The van der Waals surface area contributed by atoms with Crippen LogP contribution in [0.25, 0.3) is 0 Å². The largest absolute Gasteiger partial charge is 0.468 e. The quantitative estimate of drug-likeness (QED) is 0.543. The minimum absolute atomic E-state index is 0.0785. The summed E-state index contributed by atoms with van der Waals surface area (Å²) in [7, 11) is 1.26. The van der Waals surface area contributed by atoms with Gasteiger partial charge in [-0.05, 0) is 6.92 Å². The van der Waals surface area contributed by atoms with Gasteiger partial charge in [0.2, 0.25) is 5.91 Å². The highest BCUT2D eigenvalue weighted by Gasteiger charge is 2.01. The summed E-state index contributed by atoms with van der Waals surface area (Å²) >= 11 is 0. The van der Waals surface area contributed by atoms with Crippen LogP contribution in [0.15, 0.2) is 0 Å². The first-order valence-corrected chi connectivity index (χ1v) is 2.83. The molecule has 57 valence electrons. The van der Waals surface area contributed by atoms with Crippen LogP contribution >= 0.6 is 0 Å². The van der Waals surface area contributed by atoms with Crippen LogP contribution < -0.4 is 5.32 Å². The molecule has 1 radical (unpaired) electrons. The van der Waals surface area contributed by atoms with Crippen molar-refractivity contribution in [1.29, 1.82) is 0 Å². The van der Waals surface area contributed by atoms with E-state index in [0.717, 1.165) is 0 Å². The number of hydrogen-bond acceptors (Lipinski definition) is 3. The summed E-state index contributed by atoms with van der Waals surface area (Å²) in [4.78, 5) is 20.8. The van der Waals surface area contributed by atoms with Gasteiger partial charge in [0.05, 0.1) is 7.11 Å². The number of nitrogens with one attached hydrogen (secondary N) is 1. The molecular formula is C6H10NO3. The Kier molecular flexibility index (Phi) is 4.28. The minimum atomic E-state index is -0.457. The van der Waals surface area contributed by atoms with Crippen molar-refractivity contribution < 1.29 is 14.3 Å². The Balaban J connectivity index is 3.35. The van der Waals surface area contributed by atoms with Crippen LogP contribution in [0.4, 0.5) is 0 Å². The average Bonchev–Trinajstić information content (AvgIpc) is 1.99. The lowest BCUT2D eigenvalue weighted by atomic mass is 10.4. The fourth-order valence-corrected chi connectivity index (χ4v) is 0.331. The van der Waals surface area contributed by atoms with Crippen LogP contribution in [0, 0.1) is 6.92 Å². The molecule has 0 aromatic heterocycles. The maximum Gasteiger partial charge on any atom is 0.325 e. The summed E-state index contributed by atoms with van der Waals surface area (Å²) in [5.74, 6) is -0.716. The topological polar surface area (TPSA) is 55.4 Å². The number of amides is 1. The summed E-state index contributed by atoms with van der Waals surface area (Å²) in [5.41, 5.74) is 0. The van der Waals surface area contributed by atoms with Gasteiger partial charge in [0, 0.05) is 6.42 Å². The first-order valence-electron chi connectivity index (χ1n) is 2.83. The predicted molar refractivity (Wildman–Crippen MR) is 35.0 cm³/mol. The summed E-state index contributed by atoms with van der Waals surface area (Å²) in [5, 5.41) is 2.31. The second kappa shape index (κ2) is 4.78. The summed E-state index contributed by atoms with van der Waals surface area (Å²) < 4.78 is 4.27. The lowest BCUT2D eigenvalue weighted by molar-refractivity contribution is -0.141. The number of hydrogen-bond donors (Lipinski definition) is 1. The van der Waals surface area contributed by atoms with Crippen molar-refractivity contribution in [2.75, 3.05) is 13.7 Å². The number of ether oxygens (including phenoxy) is 1. The lowest BCUT2D eigenvalue weighted by Crippen LogP contribution is -2.29. The fraction of sp³-hybridized carbons (Fsp3) is 0.500. The van der Waals surface area contributed by atoms with Crippen LogP contribution in [-0.2, 0) is 14.3 Å².